The molecule has 0 radical (unpaired) electrons. The fraction of sp³-hybridized carbons (Fsp3) is 0.520. The molecule has 0 atom stereocenters. The lowest BCUT2D eigenvalue weighted by atomic mass is 10.0. The number of aromatic nitrogens is 5. The Hall–Kier alpha value is -3.16. The van der Waals surface area contributed by atoms with Crippen molar-refractivity contribution in [2.45, 2.75) is 77.7 Å². The first-order valence-corrected chi connectivity index (χ1v) is 12.2. The molecule has 0 aliphatic heterocycles. The molecule has 4 N–H and O–H groups in total. The number of nitrogen functional groups attached to an aromatic ring is 1. The minimum atomic E-state index is -0.0495. The van der Waals surface area contributed by atoms with Crippen molar-refractivity contribution in [1.29, 1.82) is 0 Å². The number of imidazole rings is 1. The average molecular weight is 452 g/mol. The molecule has 0 spiro atoms. The molecule has 0 aliphatic carbocycles. The van der Waals surface area contributed by atoms with Crippen LogP contribution in [0.1, 0.15) is 79.2 Å². The number of unbranched alkanes of at least 4 members (excludes halogenated alkanes) is 5. The maximum atomic E-state index is 12.4. The molecule has 0 aliphatic rings. The van der Waals surface area contributed by atoms with Crippen LogP contribution < -0.4 is 11.1 Å². The number of nitrogens with zero attached hydrogens (tertiary/aromatic N) is 4. The van der Waals surface area contributed by atoms with E-state index in [0.29, 0.717) is 24.6 Å². The molecule has 0 unspecified atom stereocenters. The molecule has 0 bridgehead atoms. The number of benzene rings is 1. The first-order valence-electron chi connectivity index (χ1n) is 12.2. The van der Waals surface area contributed by atoms with E-state index in [2.05, 4.69) is 44.7 Å². The summed E-state index contributed by atoms with van der Waals surface area (Å²) in [6.07, 6.45) is 15.0. The standard InChI is InChI=1S/C25H37N7O/c1-2-3-4-6-9-20-12-14-21(15-13-20)24(33)27-16-17-32-19-23(30-31-32)11-8-5-7-10-22-18-28-25(26)29-22/h12-15,18-19H,2-11,16-17H2,1H3,(H,27,33)(H3,26,28,29). The first-order chi connectivity index (χ1) is 16.1. The van der Waals surface area contributed by atoms with Gasteiger partial charge < -0.3 is 16.0 Å². The number of carbonyl (C=O) groups is 1. The van der Waals surface area contributed by atoms with Gasteiger partial charge in [-0.3, -0.25) is 9.48 Å². The van der Waals surface area contributed by atoms with E-state index in [1.807, 2.05) is 24.5 Å². The second kappa shape index (κ2) is 13.4. The summed E-state index contributed by atoms with van der Waals surface area (Å²) in [5.74, 6) is 0.426. The summed E-state index contributed by atoms with van der Waals surface area (Å²) in [6.45, 7) is 3.35. The normalized spacial score (nSPS) is 11.1. The van der Waals surface area contributed by atoms with E-state index in [-0.39, 0.29) is 5.91 Å². The molecular weight excluding hydrogens is 414 g/mol. The predicted molar refractivity (Wildman–Crippen MR) is 131 cm³/mol. The highest BCUT2D eigenvalue weighted by Crippen LogP contribution is 2.10. The summed E-state index contributed by atoms with van der Waals surface area (Å²) < 4.78 is 1.79. The predicted octanol–water partition coefficient (Wildman–Crippen LogP) is 4.09. The van der Waals surface area contributed by atoms with Crippen LogP contribution in [0.3, 0.4) is 0 Å². The molecule has 3 aromatic rings. The number of nitrogens with two attached hydrogens (primary N) is 1. The fourth-order valence-corrected chi connectivity index (χ4v) is 3.82. The van der Waals surface area contributed by atoms with E-state index in [1.54, 1.807) is 4.68 Å². The van der Waals surface area contributed by atoms with Crippen LogP contribution in [0.15, 0.2) is 36.7 Å². The minimum Gasteiger partial charge on any atom is -0.369 e. The van der Waals surface area contributed by atoms with Crippen molar-refractivity contribution in [3.05, 3.63) is 59.2 Å². The minimum absolute atomic E-state index is 0.0495. The van der Waals surface area contributed by atoms with Gasteiger partial charge in [0.25, 0.3) is 5.91 Å². The molecule has 8 heteroatoms. The van der Waals surface area contributed by atoms with Crippen LogP contribution in [0.2, 0.25) is 0 Å². The van der Waals surface area contributed by atoms with Crippen molar-refractivity contribution in [1.82, 2.24) is 30.3 Å². The Kier molecular flexibility index (Phi) is 9.94. The van der Waals surface area contributed by atoms with Gasteiger partial charge in [-0.15, -0.1) is 5.10 Å². The second-order valence-electron chi connectivity index (χ2n) is 8.57. The second-order valence-corrected chi connectivity index (χ2v) is 8.57. The van der Waals surface area contributed by atoms with E-state index in [9.17, 15) is 4.79 Å². The molecule has 0 fully saturated rings. The number of hydrogen-bond donors (Lipinski definition) is 3. The van der Waals surface area contributed by atoms with E-state index in [0.717, 1.165) is 49.9 Å². The summed E-state index contributed by atoms with van der Waals surface area (Å²) >= 11 is 0. The van der Waals surface area contributed by atoms with Gasteiger partial charge in [-0.25, -0.2) is 4.98 Å². The highest BCUT2D eigenvalue weighted by Gasteiger charge is 2.06. The van der Waals surface area contributed by atoms with Crippen LogP contribution in [0, 0.1) is 0 Å². The Bertz CT molecular complexity index is 961. The maximum absolute atomic E-state index is 12.4. The Labute approximate surface area is 196 Å². The van der Waals surface area contributed by atoms with Gasteiger partial charge in [0, 0.05) is 24.5 Å². The van der Waals surface area contributed by atoms with Crippen molar-refractivity contribution in [2.24, 2.45) is 0 Å². The smallest absolute Gasteiger partial charge is 0.251 e. The molecule has 2 heterocycles. The zero-order chi connectivity index (χ0) is 23.3. The third-order valence-electron chi connectivity index (χ3n) is 5.76. The average Bonchev–Trinajstić information content (AvgIpc) is 3.45. The van der Waals surface area contributed by atoms with Gasteiger partial charge in [-0.1, -0.05) is 50.0 Å². The van der Waals surface area contributed by atoms with Crippen molar-refractivity contribution in [3.8, 4) is 0 Å². The summed E-state index contributed by atoms with van der Waals surface area (Å²) in [5.41, 5.74) is 9.58. The zero-order valence-electron chi connectivity index (χ0n) is 19.7. The molecule has 0 saturated carbocycles. The Balaban J connectivity index is 1.29. The number of carbonyl (C=O) groups excluding carboxylic acids is 1. The van der Waals surface area contributed by atoms with Crippen LogP contribution in [0.4, 0.5) is 5.95 Å². The molecule has 0 saturated heterocycles. The highest BCUT2D eigenvalue weighted by atomic mass is 16.1. The van der Waals surface area contributed by atoms with Crippen LogP contribution in [-0.4, -0.2) is 37.4 Å². The quantitative estimate of drug-likeness (QED) is 0.301. The van der Waals surface area contributed by atoms with E-state index in [4.69, 9.17) is 5.73 Å². The Morgan fingerprint density at radius 1 is 1.00 bits per heavy atom. The van der Waals surface area contributed by atoms with Crippen LogP contribution in [-0.2, 0) is 25.8 Å². The molecular formula is C25H37N7O. The topological polar surface area (TPSA) is 115 Å². The SMILES string of the molecule is CCCCCCc1ccc(C(=O)NCCn2cc(CCCCCc3c[nH]c(N)n3)nn2)cc1. The van der Waals surface area contributed by atoms with E-state index in [1.165, 1.54) is 31.2 Å². The molecule has 2 aromatic heterocycles. The van der Waals surface area contributed by atoms with Gasteiger partial charge in [0.05, 0.1) is 17.9 Å². The fourth-order valence-electron chi connectivity index (χ4n) is 3.82. The van der Waals surface area contributed by atoms with Crippen molar-refractivity contribution in [3.63, 3.8) is 0 Å². The van der Waals surface area contributed by atoms with Crippen LogP contribution in [0.5, 0.6) is 0 Å². The Morgan fingerprint density at radius 2 is 1.73 bits per heavy atom. The maximum Gasteiger partial charge on any atom is 0.251 e. The van der Waals surface area contributed by atoms with Crippen molar-refractivity contribution < 1.29 is 4.79 Å². The monoisotopic (exact) mass is 451 g/mol. The third kappa shape index (κ3) is 8.71. The van der Waals surface area contributed by atoms with E-state index >= 15 is 0 Å². The molecule has 1 aromatic carbocycles. The zero-order valence-corrected chi connectivity index (χ0v) is 19.7. The van der Waals surface area contributed by atoms with Crippen LogP contribution in [0.25, 0.3) is 0 Å². The van der Waals surface area contributed by atoms with Crippen LogP contribution >= 0.6 is 0 Å². The largest absolute Gasteiger partial charge is 0.369 e. The molecule has 8 nitrogen and oxygen atoms in total. The first kappa shape index (κ1) is 24.5. The highest BCUT2D eigenvalue weighted by molar-refractivity contribution is 5.94. The number of hydrogen-bond acceptors (Lipinski definition) is 5. The molecule has 3 rings (SSSR count). The van der Waals surface area contributed by atoms with Gasteiger partial charge >= 0.3 is 0 Å². The van der Waals surface area contributed by atoms with E-state index < -0.39 is 0 Å². The summed E-state index contributed by atoms with van der Waals surface area (Å²) in [7, 11) is 0. The van der Waals surface area contributed by atoms with Gasteiger partial charge in [-0.2, -0.15) is 0 Å². The summed E-state index contributed by atoms with van der Waals surface area (Å²) in [4.78, 5) is 19.5. The molecule has 1 amide bonds. The number of anilines is 1. The van der Waals surface area contributed by atoms with Gasteiger partial charge in [-0.05, 0) is 56.2 Å². The number of rotatable bonds is 15. The lowest BCUT2D eigenvalue weighted by Crippen LogP contribution is -2.27. The molecule has 178 valence electrons. The number of nitrogens with one attached hydrogen (secondary N) is 2. The lowest BCUT2D eigenvalue weighted by Gasteiger charge is -2.06. The molecule has 33 heavy (non-hydrogen) atoms. The number of aromatic amines is 1. The lowest BCUT2D eigenvalue weighted by molar-refractivity contribution is 0.0952. The summed E-state index contributed by atoms with van der Waals surface area (Å²) in [5, 5.41) is 11.4. The Morgan fingerprint density at radius 3 is 2.45 bits per heavy atom. The van der Waals surface area contributed by atoms with Gasteiger partial charge in [0.1, 0.15) is 0 Å². The number of amides is 1. The number of aryl methyl sites for hydroxylation is 3. The number of H-pyrrole nitrogens is 1. The van der Waals surface area contributed by atoms with Crippen molar-refractivity contribution in [2.75, 3.05) is 12.3 Å². The van der Waals surface area contributed by atoms with Gasteiger partial charge in [0.15, 0.2) is 5.95 Å². The van der Waals surface area contributed by atoms with Gasteiger partial charge in [0.2, 0.25) is 0 Å². The van der Waals surface area contributed by atoms with Crippen molar-refractivity contribution >= 4 is 11.9 Å². The third-order valence-corrected chi connectivity index (χ3v) is 5.76. The summed E-state index contributed by atoms with van der Waals surface area (Å²) in [6, 6.07) is 7.96.